The van der Waals surface area contributed by atoms with Crippen molar-refractivity contribution in [3.05, 3.63) is 20.8 Å². The van der Waals surface area contributed by atoms with E-state index in [1.54, 1.807) is 23.0 Å². The summed E-state index contributed by atoms with van der Waals surface area (Å²) in [5, 5.41) is 1.46. The van der Waals surface area contributed by atoms with Crippen LogP contribution in [-0.2, 0) is 24.7 Å². The molecule has 1 aliphatic carbocycles. The van der Waals surface area contributed by atoms with E-state index in [0.717, 1.165) is 55.4 Å². The van der Waals surface area contributed by atoms with Crippen molar-refractivity contribution in [1.82, 2.24) is 14.5 Å². The molecule has 2 aromatic rings. The van der Waals surface area contributed by atoms with Gasteiger partial charge in [-0.15, -0.1) is 11.3 Å². The van der Waals surface area contributed by atoms with Gasteiger partial charge in [0.15, 0.2) is 5.16 Å². The van der Waals surface area contributed by atoms with Gasteiger partial charge in [0.25, 0.3) is 5.56 Å². The van der Waals surface area contributed by atoms with Crippen molar-refractivity contribution in [3.8, 4) is 0 Å². The van der Waals surface area contributed by atoms with Crippen LogP contribution in [0.25, 0.3) is 10.2 Å². The molecule has 0 radical (unpaired) electrons. The number of nitrogens with zero attached hydrogens (tertiary/aromatic N) is 3. The molecule has 0 saturated carbocycles. The monoisotopic (exact) mass is 377 g/mol. The summed E-state index contributed by atoms with van der Waals surface area (Å²) in [5.41, 5.74) is 1.25. The summed E-state index contributed by atoms with van der Waals surface area (Å²) in [5.74, 6) is 0.520. The number of amides is 1. The van der Waals surface area contributed by atoms with E-state index in [2.05, 4.69) is 0 Å². The lowest BCUT2D eigenvalue weighted by molar-refractivity contribution is -0.128. The Hall–Kier alpha value is -1.34. The fourth-order valence-electron chi connectivity index (χ4n) is 3.77. The summed E-state index contributed by atoms with van der Waals surface area (Å²) in [6.07, 6.45) is 7.82. The van der Waals surface area contributed by atoms with Gasteiger partial charge in [0.05, 0.1) is 11.1 Å². The van der Waals surface area contributed by atoms with Gasteiger partial charge in [-0.1, -0.05) is 24.6 Å². The summed E-state index contributed by atoms with van der Waals surface area (Å²) < 4.78 is 1.62. The first-order valence-corrected chi connectivity index (χ1v) is 10.9. The van der Waals surface area contributed by atoms with Crippen LogP contribution >= 0.6 is 23.1 Å². The van der Waals surface area contributed by atoms with Gasteiger partial charge in [-0.25, -0.2) is 4.98 Å². The Morgan fingerprint density at radius 2 is 1.92 bits per heavy atom. The van der Waals surface area contributed by atoms with Crippen LogP contribution in [0.5, 0.6) is 0 Å². The van der Waals surface area contributed by atoms with Gasteiger partial charge in [0, 0.05) is 25.0 Å². The minimum atomic E-state index is 0.0362. The third-order valence-electron chi connectivity index (χ3n) is 5.19. The standard InChI is InChI=1S/C18H23N3O2S2/c1-20-17(23)15-12-7-6-8-13(12)25-16(15)19-18(20)24-11-14(22)21-9-4-2-3-5-10-21/h2-11H2,1H3. The van der Waals surface area contributed by atoms with E-state index in [1.807, 2.05) is 4.90 Å². The molecule has 3 heterocycles. The molecule has 0 unspecified atom stereocenters. The molecular weight excluding hydrogens is 354 g/mol. The fraction of sp³-hybridized carbons (Fsp3) is 0.611. The third kappa shape index (κ3) is 3.24. The van der Waals surface area contributed by atoms with E-state index < -0.39 is 0 Å². The van der Waals surface area contributed by atoms with Crippen LogP contribution < -0.4 is 5.56 Å². The molecule has 1 saturated heterocycles. The number of carbonyl (C=O) groups is 1. The Morgan fingerprint density at radius 3 is 2.68 bits per heavy atom. The Morgan fingerprint density at radius 1 is 1.16 bits per heavy atom. The summed E-state index contributed by atoms with van der Waals surface area (Å²) in [6.45, 7) is 1.73. The lowest BCUT2D eigenvalue weighted by Crippen LogP contribution is -2.33. The summed E-state index contributed by atoms with van der Waals surface area (Å²) in [4.78, 5) is 34.1. The van der Waals surface area contributed by atoms with Gasteiger partial charge in [0.2, 0.25) is 5.91 Å². The molecule has 4 rings (SSSR count). The first kappa shape index (κ1) is 17.1. The summed E-state index contributed by atoms with van der Waals surface area (Å²) in [7, 11) is 1.77. The largest absolute Gasteiger partial charge is 0.342 e. The molecule has 7 heteroatoms. The number of likely N-dealkylation sites (tertiary alicyclic amines) is 1. The number of fused-ring (bicyclic) bond motifs is 3. The molecule has 1 amide bonds. The second kappa shape index (κ2) is 7.11. The van der Waals surface area contributed by atoms with Crippen molar-refractivity contribution in [2.45, 2.75) is 50.1 Å². The van der Waals surface area contributed by atoms with Crippen LogP contribution in [0.1, 0.15) is 42.5 Å². The van der Waals surface area contributed by atoms with Crippen LogP contribution in [0, 0.1) is 0 Å². The average molecular weight is 378 g/mol. The topological polar surface area (TPSA) is 55.2 Å². The number of hydrogen-bond acceptors (Lipinski definition) is 5. The van der Waals surface area contributed by atoms with Crippen molar-refractivity contribution in [3.63, 3.8) is 0 Å². The molecule has 0 spiro atoms. The number of hydrogen-bond donors (Lipinski definition) is 0. The number of aryl methyl sites for hydroxylation is 2. The maximum atomic E-state index is 12.8. The molecule has 134 valence electrons. The minimum Gasteiger partial charge on any atom is -0.342 e. The molecule has 0 bridgehead atoms. The number of rotatable bonds is 3. The molecular formula is C18H23N3O2S2. The number of aromatic nitrogens is 2. The van der Waals surface area contributed by atoms with Crippen molar-refractivity contribution < 1.29 is 4.79 Å². The molecule has 0 aromatic carbocycles. The van der Waals surface area contributed by atoms with Crippen LogP contribution in [0.2, 0.25) is 0 Å². The lowest BCUT2D eigenvalue weighted by atomic mass is 10.2. The molecule has 2 aliphatic rings. The highest BCUT2D eigenvalue weighted by Gasteiger charge is 2.23. The smallest absolute Gasteiger partial charge is 0.262 e. The predicted octanol–water partition coefficient (Wildman–Crippen LogP) is 2.98. The summed E-state index contributed by atoms with van der Waals surface area (Å²) >= 11 is 3.05. The van der Waals surface area contributed by atoms with E-state index in [-0.39, 0.29) is 11.5 Å². The quantitative estimate of drug-likeness (QED) is 0.610. The second-order valence-electron chi connectivity index (χ2n) is 6.88. The SMILES string of the molecule is Cn1c(SCC(=O)N2CCCCCC2)nc2sc3c(c2c1=O)CCC3. The molecule has 1 fully saturated rings. The molecule has 5 nitrogen and oxygen atoms in total. The number of thiophene rings is 1. The van der Waals surface area contributed by atoms with Gasteiger partial charge in [0.1, 0.15) is 4.83 Å². The van der Waals surface area contributed by atoms with E-state index in [9.17, 15) is 9.59 Å². The van der Waals surface area contributed by atoms with Crippen LogP contribution in [0.15, 0.2) is 9.95 Å². The zero-order valence-corrected chi connectivity index (χ0v) is 16.2. The van der Waals surface area contributed by atoms with Crippen molar-refractivity contribution >= 4 is 39.2 Å². The predicted molar refractivity (Wildman–Crippen MR) is 103 cm³/mol. The van der Waals surface area contributed by atoms with Crippen molar-refractivity contribution in [2.75, 3.05) is 18.8 Å². The normalized spacial score (nSPS) is 17.7. The highest BCUT2D eigenvalue weighted by molar-refractivity contribution is 7.99. The highest BCUT2D eigenvalue weighted by Crippen LogP contribution is 2.35. The molecule has 0 N–H and O–H groups in total. The second-order valence-corrected chi connectivity index (χ2v) is 8.91. The third-order valence-corrected chi connectivity index (χ3v) is 7.39. The minimum absolute atomic E-state index is 0.0362. The van der Waals surface area contributed by atoms with E-state index in [0.29, 0.717) is 10.9 Å². The maximum Gasteiger partial charge on any atom is 0.262 e. The highest BCUT2D eigenvalue weighted by atomic mass is 32.2. The van der Waals surface area contributed by atoms with Crippen molar-refractivity contribution in [2.24, 2.45) is 7.05 Å². The Kier molecular flexibility index (Phi) is 4.86. The zero-order valence-electron chi connectivity index (χ0n) is 14.5. The summed E-state index contributed by atoms with van der Waals surface area (Å²) in [6, 6.07) is 0. The molecule has 1 aliphatic heterocycles. The van der Waals surface area contributed by atoms with Gasteiger partial charge in [-0.3, -0.25) is 14.2 Å². The van der Waals surface area contributed by atoms with Crippen LogP contribution in [0.4, 0.5) is 0 Å². The maximum absolute atomic E-state index is 12.8. The Bertz CT molecular complexity index is 863. The lowest BCUT2D eigenvalue weighted by Gasteiger charge is -2.20. The van der Waals surface area contributed by atoms with Gasteiger partial charge in [-0.2, -0.15) is 0 Å². The Labute approximate surface area is 155 Å². The van der Waals surface area contributed by atoms with E-state index in [4.69, 9.17) is 4.98 Å². The number of carbonyl (C=O) groups excluding carboxylic acids is 1. The molecule has 0 atom stereocenters. The van der Waals surface area contributed by atoms with E-state index >= 15 is 0 Å². The van der Waals surface area contributed by atoms with Gasteiger partial charge in [-0.05, 0) is 37.7 Å². The van der Waals surface area contributed by atoms with Crippen LogP contribution in [-0.4, -0.2) is 39.2 Å². The van der Waals surface area contributed by atoms with Crippen LogP contribution in [0.3, 0.4) is 0 Å². The first-order chi connectivity index (χ1) is 12.1. The number of thioether (sulfide) groups is 1. The first-order valence-electron chi connectivity index (χ1n) is 9.07. The fourth-order valence-corrected chi connectivity index (χ4v) is 5.95. The zero-order chi connectivity index (χ0) is 17.4. The Balaban J connectivity index is 1.54. The average Bonchev–Trinajstić information content (AvgIpc) is 3.06. The van der Waals surface area contributed by atoms with Crippen molar-refractivity contribution in [1.29, 1.82) is 0 Å². The van der Waals surface area contributed by atoms with E-state index in [1.165, 1.54) is 35.0 Å². The van der Waals surface area contributed by atoms with Gasteiger partial charge >= 0.3 is 0 Å². The van der Waals surface area contributed by atoms with Gasteiger partial charge < -0.3 is 4.90 Å². The molecule has 2 aromatic heterocycles. The molecule has 25 heavy (non-hydrogen) atoms.